The van der Waals surface area contributed by atoms with E-state index >= 15 is 0 Å². The lowest BCUT2D eigenvalue weighted by atomic mass is 10.3. The average molecular weight is 335 g/mol. The van der Waals surface area contributed by atoms with Crippen LogP contribution >= 0.6 is 11.3 Å². The quantitative estimate of drug-likeness (QED) is 0.602. The van der Waals surface area contributed by atoms with Crippen molar-refractivity contribution in [2.24, 2.45) is 0 Å². The van der Waals surface area contributed by atoms with Crippen LogP contribution in [0.15, 0.2) is 16.3 Å². The number of sulfonamides is 1. The molecule has 21 heavy (non-hydrogen) atoms. The number of nitrogens with one attached hydrogen (secondary N) is 1. The van der Waals surface area contributed by atoms with Gasteiger partial charge in [0, 0.05) is 24.6 Å². The maximum atomic E-state index is 12.0. The maximum Gasteiger partial charge on any atom is 0.308 e. The Morgan fingerprint density at radius 2 is 2.05 bits per heavy atom. The monoisotopic (exact) mass is 335 g/mol. The Bertz CT molecular complexity index is 539. The van der Waals surface area contributed by atoms with E-state index in [1.165, 1.54) is 12.1 Å². The van der Waals surface area contributed by atoms with Crippen LogP contribution in [-0.2, 0) is 26.0 Å². The smallest absolute Gasteiger partial charge is 0.308 e. The minimum atomic E-state index is -3.55. The number of ether oxygens (including phenoxy) is 1. The highest BCUT2D eigenvalue weighted by atomic mass is 32.2. The van der Waals surface area contributed by atoms with Gasteiger partial charge >= 0.3 is 5.97 Å². The van der Waals surface area contributed by atoms with E-state index in [1.807, 2.05) is 0 Å². The number of hydrogen-bond acceptors (Lipinski definition) is 5. The van der Waals surface area contributed by atoms with E-state index in [2.05, 4.69) is 11.6 Å². The van der Waals surface area contributed by atoms with Crippen LogP contribution in [0.25, 0.3) is 0 Å². The Hall–Kier alpha value is -0.960. The number of hydrogen-bond donors (Lipinski definition) is 2. The summed E-state index contributed by atoms with van der Waals surface area (Å²) in [5.41, 5.74) is 0. The van der Waals surface area contributed by atoms with Crippen LogP contribution in [0.3, 0.4) is 0 Å². The first kappa shape index (κ1) is 18.1. The van der Waals surface area contributed by atoms with Gasteiger partial charge in [-0.3, -0.25) is 4.79 Å². The molecule has 0 radical (unpaired) electrons. The lowest BCUT2D eigenvalue weighted by Gasteiger charge is -2.05. The number of thiophene rings is 1. The van der Waals surface area contributed by atoms with Crippen molar-refractivity contribution in [1.82, 2.24) is 4.72 Å². The topological polar surface area (TPSA) is 92.7 Å². The Balaban J connectivity index is 2.36. The van der Waals surface area contributed by atoms with E-state index in [0.29, 0.717) is 31.1 Å². The molecule has 0 fully saturated rings. The predicted octanol–water partition coefficient (Wildman–Crippen LogP) is 1.86. The number of aliphatic carboxylic acids is 1. The van der Waals surface area contributed by atoms with Crippen molar-refractivity contribution in [2.75, 3.05) is 19.8 Å². The van der Waals surface area contributed by atoms with Gasteiger partial charge in [-0.15, -0.1) is 11.3 Å². The fraction of sp³-hybridized carbons (Fsp3) is 0.615. The van der Waals surface area contributed by atoms with E-state index in [0.717, 1.165) is 24.2 Å². The van der Waals surface area contributed by atoms with Crippen LogP contribution in [0, 0.1) is 0 Å². The molecule has 1 aromatic rings. The predicted molar refractivity (Wildman–Crippen MR) is 81.2 cm³/mol. The van der Waals surface area contributed by atoms with Crippen LogP contribution in [0.5, 0.6) is 0 Å². The molecular formula is C13H21NO5S2. The van der Waals surface area contributed by atoms with E-state index in [-0.39, 0.29) is 10.6 Å². The summed E-state index contributed by atoms with van der Waals surface area (Å²) < 4.78 is 31.9. The summed E-state index contributed by atoms with van der Waals surface area (Å²) >= 11 is 0.981. The van der Waals surface area contributed by atoms with Gasteiger partial charge in [-0.2, -0.15) is 0 Å². The molecule has 0 unspecified atom stereocenters. The summed E-state index contributed by atoms with van der Waals surface area (Å²) in [4.78, 5) is 11.1. The van der Waals surface area contributed by atoms with Crippen molar-refractivity contribution in [3.8, 4) is 0 Å². The average Bonchev–Trinajstić information content (AvgIpc) is 2.86. The molecule has 0 aliphatic heterocycles. The van der Waals surface area contributed by atoms with Crippen LogP contribution in [-0.4, -0.2) is 39.3 Å². The fourth-order valence-corrected chi connectivity index (χ4v) is 4.01. The second-order valence-electron chi connectivity index (χ2n) is 4.51. The van der Waals surface area contributed by atoms with Gasteiger partial charge in [0.15, 0.2) is 0 Å². The summed E-state index contributed by atoms with van der Waals surface area (Å²) in [5, 5.41) is 8.67. The van der Waals surface area contributed by atoms with E-state index in [1.54, 1.807) is 0 Å². The second kappa shape index (κ2) is 9.14. The standard InChI is InChI=1S/C13H21NO5S2/c1-2-3-8-19-9-4-7-14-21(17,18)13-6-5-11(20-13)10-12(15)16/h5-6,14H,2-4,7-10H2,1H3,(H,15,16). The molecule has 0 saturated heterocycles. The molecule has 0 aliphatic carbocycles. The molecule has 0 saturated carbocycles. The van der Waals surface area contributed by atoms with E-state index in [9.17, 15) is 13.2 Å². The first-order valence-electron chi connectivity index (χ1n) is 6.83. The lowest BCUT2D eigenvalue weighted by Crippen LogP contribution is -2.24. The summed E-state index contributed by atoms with van der Waals surface area (Å²) in [6.07, 6.45) is 2.53. The molecule has 2 N–H and O–H groups in total. The van der Waals surface area contributed by atoms with Gasteiger partial charge in [0.25, 0.3) is 0 Å². The van der Waals surface area contributed by atoms with Gasteiger partial charge in [-0.1, -0.05) is 13.3 Å². The van der Waals surface area contributed by atoms with Gasteiger partial charge in [0.1, 0.15) is 4.21 Å². The second-order valence-corrected chi connectivity index (χ2v) is 7.67. The van der Waals surface area contributed by atoms with Crippen LogP contribution in [0.2, 0.25) is 0 Å². The summed E-state index contributed by atoms with van der Waals surface area (Å²) in [6.45, 7) is 3.61. The molecule has 8 heteroatoms. The molecule has 0 aliphatic rings. The largest absolute Gasteiger partial charge is 0.481 e. The molecule has 1 rings (SSSR count). The molecule has 1 heterocycles. The number of unbranched alkanes of at least 4 members (excludes halogenated alkanes) is 1. The van der Waals surface area contributed by atoms with Crippen molar-refractivity contribution in [3.63, 3.8) is 0 Å². The van der Waals surface area contributed by atoms with Gasteiger partial charge in [0.2, 0.25) is 10.0 Å². The van der Waals surface area contributed by atoms with Gasteiger partial charge < -0.3 is 9.84 Å². The Kier molecular flexibility index (Phi) is 7.87. The zero-order valence-corrected chi connectivity index (χ0v) is 13.6. The SMILES string of the molecule is CCCCOCCCNS(=O)(=O)c1ccc(CC(=O)O)s1. The van der Waals surface area contributed by atoms with Crippen molar-refractivity contribution in [2.45, 2.75) is 36.8 Å². The van der Waals surface area contributed by atoms with Crippen LogP contribution in [0.4, 0.5) is 0 Å². The zero-order chi connectivity index (χ0) is 15.7. The first-order valence-corrected chi connectivity index (χ1v) is 9.13. The summed E-state index contributed by atoms with van der Waals surface area (Å²) in [5.74, 6) is -0.974. The van der Waals surface area contributed by atoms with E-state index in [4.69, 9.17) is 9.84 Å². The molecule has 0 aromatic carbocycles. The Labute approximate surface area is 129 Å². The molecule has 0 spiro atoms. The Morgan fingerprint density at radius 3 is 2.71 bits per heavy atom. The maximum absolute atomic E-state index is 12.0. The third kappa shape index (κ3) is 7.03. The number of carboxylic acid groups (broad SMARTS) is 1. The first-order chi connectivity index (χ1) is 9.95. The summed E-state index contributed by atoms with van der Waals surface area (Å²) in [7, 11) is -3.55. The van der Waals surface area contributed by atoms with Crippen molar-refractivity contribution >= 4 is 27.3 Å². The normalized spacial score (nSPS) is 11.7. The molecule has 0 atom stereocenters. The molecule has 6 nitrogen and oxygen atoms in total. The van der Waals surface area contributed by atoms with Gasteiger partial charge in [0.05, 0.1) is 6.42 Å². The highest BCUT2D eigenvalue weighted by molar-refractivity contribution is 7.91. The molecular weight excluding hydrogens is 314 g/mol. The zero-order valence-electron chi connectivity index (χ0n) is 12.0. The molecule has 1 aromatic heterocycles. The third-order valence-electron chi connectivity index (χ3n) is 2.63. The van der Waals surface area contributed by atoms with Gasteiger partial charge in [-0.25, -0.2) is 13.1 Å². The minimum absolute atomic E-state index is 0.144. The Morgan fingerprint density at radius 1 is 1.33 bits per heavy atom. The van der Waals surface area contributed by atoms with E-state index < -0.39 is 16.0 Å². The highest BCUT2D eigenvalue weighted by Crippen LogP contribution is 2.21. The van der Waals surface area contributed by atoms with Crippen molar-refractivity contribution < 1.29 is 23.1 Å². The fourth-order valence-electron chi connectivity index (χ4n) is 1.55. The van der Waals surface area contributed by atoms with Crippen molar-refractivity contribution in [3.05, 3.63) is 17.0 Å². The molecule has 0 bridgehead atoms. The van der Waals surface area contributed by atoms with Crippen LogP contribution in [0.1, 0.15) is 31.1 Å². The third-order valence-corrected chi connectivity index (χ3v) is 5.67. The number of rotatable bonds is 11. The molecule has 120 valence electrons. The van der Waals surface area contributed by atoms with Gasteiger partial charge in [-0.05, 0) is 25.0 Å². The van der Waals surface area contributed by atoms with Crippen LogP contribution < -0.4 is 4.72 Å². The summed E-state index contributed by atoms with van der Waals surface area (Å²) in [6, 6.07) is 2.96. The number of carbonyl (C=O) groups is 1. The minimum Gasteiger partial charge on any atom is -0.481 e. The highest BCUT2D eigenvalue weighted by Gasteiger charge is 2.16. The number of carboxylic acids is 1. The lowest BCUT2D eigenvalue weighted by molar-refractivity contribution is -0.136. The molecule has 0 amide bonds. The van der Waals surface area contributed by atoms with Crippen molar-refractivity contribution in [1.29, 1.82) is 0 Å².